The van der Waals surface area contributed by atoms with Gasteiger partial charge in [-0.3, -0.25) is 9.69 Å². The zero-order valence-corrected chi connectivity index (χ0v) is 10.1. The van der Waals surface area contributed by atoms with E-state index in [0.29, 0.717) is 0 Å². The van der Waals surface area contributed by atoms with Crippen molar-refractivity contribution in [3.05, 3.63) is 60.6 Å². The molecule has 1 aliphatic heterocycles. The summed E-state index contributed by atoms with van der Waals surface area (Å²) in [6.45, 7) is 1.56. The summed E-state index contributed by atoms with van der Waals surface area (Å²) in [5.74, 6) is 0.247. The Morgan fingerprint density at radius 3 is 2.67 bits per heavy atom. The van der Waals surface area contributed by atoms with E-state index in [4.69, 9.17) is 0 Å². The molecule has 0 spiro atoms. The fraction of sp³-hybridized carbons (Fsp3) is 0.133. The summed E-state index contributed by atoms with van der Waals surface area (Å²) in [6.07, 6.45) is 9.77. The molecule has 1 aromatic heterocycles. The number of H-pyrrole nitrogens is 1. The lowest BCUT2D eigenvalue weighted by molar-refractivity contribution is -0.124. The van der Waals surface area contributed by atoms with E-state index in [9.17, 15) is 4.79 Å². The predicted molar refractivity (Wildman–Crippen MR) is 71.8 cm³/mol. The highest BCUT2D eigenvalue weighted by molar-refractivity contribution is 5.84. The lowest BCUT2D eigenvalue weighted by Crippen LogP contribution is -2.18. The van der Waals surface area contributed by atoms with Gasteiger partial charge >= 0.3 is 0 Å². The van der Waals surface area contributed by atoms with Gasteiger partial charge < -0.3 is 4.98 Å². The Bertz CT molecular complexity index is 637. The second-order valence-electron chi connectivity index (χ2n) is 4.42. The highest BCUT2D eigenvalue weighted by Crippen LogP contribution is 2.29. The van der Waals surface area contributed by atoms with E-state index < -0.39 is 0 Å². The third-order valence-electron chi connectivity index (χ3n) is 3.25. The summed E-state index contributed by atoms with van der Waals surface area (Å²) in [6, 6.07) is 8.24. The van der Waals surface area contributed by atoms with Crippen LogP contribution in [-0.4, -0.2) is 15.8 Å². The molecule has 0 bridgehead atoms. The molecule has 1 amide bonds. The largest absolute Gasteiger partial charge is 0.361 e. The molecule has 1 N–H and O–H groups in total. The van der Waals surface area contributed by atoms with Crippen molar-refractivity contribution in [2.75, 3.05) is 0 Å². The van der Waals surface area contributed by atoms with Crippen molar-refractivity contribution in [3.63, 3.8) is 0 Å². The van der Waals surface area contributed by atoms with Crippen LogP contribution in [0.15, 0.2) is 55.0 Å². The van der Waals surface area contributed by atoms with Gasteiger partial charge in [-0.15, -0.1) is 0 Å². The first-order valence-corrected chi connectivity index (χ1v) is 5.97. The standard InChI is InChI=1S/C15H14N2O/c1-11(18)17-8-6-12(7-9-17)14-10-16-15-5-3-2-4-13(14)15/h2-10,12,16H,1H3. The summed E-state index contributed by atoms with van der Waals surface area (Å²) in [5.41, 5.74) is 2.38. The second-order valence-corrected chi connectivity index (χ2v) is 4.42. The molecule has 18 heavy (non-hydrogen) atoms. The van der Waals surface area contributed by atoms with Crippen molar-refractivity contribution >= 4 is 16.8 Å². The van der Waals surface area contributed by atoms with Crippen molar-refractivity contribution in [1.82, 2.24) is 9.88 Å². The average molecular weight is 238 g/mol. The van der Waals surface area contributed by atoms with E-state index in [1.165, 1.54) is 10.9 Å². The molecule has 3 rings (SSSR count). The number of carbonyl (C=O) groups excluding carboxylic acids is 1. The number of carbonyl (C=O) groups is 1. The molecule has 0 fully saturated rings. The fourth-order valence-electron chi connectivity index (χ4n) is 2.27. The van der Waals surface area contributed by atoms with Gasteiger partial charge in [0.05, 0.1) is 0 Å². The minimum absolute atomic E-state index is 0.0277. The van der Waals surface area contributed by atoms with E-state index in [2.05, 4.69) is 17.1 Å². The van der Waals surface area contributed by atoms with Gasteiger partial charge in [-0.05, 0) is 11.6 Å². The van der Waals surface area contributed by atoms with Gasteiger partial charge in [-0.1, -0.05) is 30.4 Å². The number of allylic oxidation sites excluding steroid dienone is 2. The monoisotopic (exact) mass is 238 g/mol. The molecule has 0 radical (unpaired) electrons. The molecule has 0 saturated heterocycles. The zero-order chi connectivity index (χ0) is 12.5. The summed E-state index contributed by atoms with van der Waals surface area (Å²) in [4.78, 5) is 16.1. The summed E-state index contributed by atoms with van der Waals surface area (Å²) in [7, 11) is 0. The fourth-order valence-corrected chi connectivity index (χ4v) is 2.27. The Hall–Kier alpha value is -2.29. The Kier molecular flexibility index (Phi) is 2.52. The molecular weight excluding hydrogens is 224 g/mol. The van der Waals surface area contributed by atoms with Crippen LogP contribution in [0.2, 0.25) is 0 Å². The Balaban J connectivity index is 1.96. The Morgan fingerprint density at radius 1 is 1.22 bits per heavy atom. The number of rotatable bonds is 1. The van der Waals surface area contributed by atoms with Gasteiger partial charge in [0.25, 0.3) is 0 Å². The van der Waals surface area contributed by atoms with Crippen molar-refractivity contribution < 1.29 is 4.79 Å². The maximum absolute atomic E-state index is 11.2. The molecule has 90 valence electrons. The quantitative estimate of drug-likeness (QED) is 0.814. The number of benzene rings is 1. The SMILES string of the molecule is CC(=O)N1C=CC(c2c[nH]c3ccccc23)C=C1. The number of nitrogens with one attached hydrogen (secondary N) is 1. The van der Waals surface area contributed by atoms with Crippen molar-refractivity contribution in [1.29, 1.82) is 0 Å². The van der Waals surface area contributed by atoms with Crippen LogP contribution in [0, 0.1) is 0 Å². The van der Waals surface area contributed by atoms with Crippen LogP contribution in [-0.2, 0) is 4.79 Å². The maximum atomic E-state index is 11.2. The van der Waals surface area contributed by atoms with E-state index in [1.807, 2.05) is 42.9 Å². The topological polar surface area (TPSA) is 36.1 Å². The number of nitrogens with zero attached hydrogens (tertiary/aromatic N) is 1. The maximum Gasteiger partial charge on any atom is 0.227 e. The number of aromatic amines is 1. The third kappa shape index (κ3) is 1.74. The van der Waals surface area contributed by atoms with Crippen LogP contribution in [0.25, 0.3) is 10.9 Å². The van der Waals surface area contributed by atoms with E-state index in [0.717, 1.165) is 5.52 Å². The van der Waals surface area contributed by atoms with Crippen LogP contribution < -0.4 is 0 Å². The van der Waals surface area contributed by atoms with Crippen LogP contribution in [0.4, 0.5) is 0 Å². The highest BCUT2D eigenvalue weighted by Gasteiger charge is 2.14. The van der Waals surface area contributed by atoms with Crippen LogP contribution in [0.5, 0.6) is 0 Å². The average Bonchev–Trinajstić information content (AvgIpc) is 2.82. The Labute approximate surface area is 105 Å². The predicted octanol–water partition coefficient (Wildman–Crippen LogP) is 3.14. The van der Waals surface area contributed by atoms with Gasteiger partial charge in [0.2, 0.25) is 5.91 Å². The van der Waals surface area contributed by atoms with Gasteiger partial charge in [0.15, 0.2) is 0 Å². The summed E-state index contributed by atoms with van der Waals surface area (Å²) < 4.78 is 0. The van der Waals surface area contributed by atoms with Crippen molar-refractivity contribution in [3.8, 4) is 0 Å². The summed E-state index contributed by atoms with van der Waals surface area (Å²) in [5, 5.41) is 1.23. The number of aromatic nitrogens is 1. The first-order valence-electron chi connectivity index (χ1n) is 5.97. The molecule has 3 nitrogen and oxygen atoms in total. The van der Waals surface area contributed by atoms with Crippen LogP contribution in [0.3, 0.4) is 0 Å². The van der Waals surface area contributed by atoms with E-state index in [-0.39, 0.29) is 11.8 Å². The molecule has 0 aliphatic carbocycles. The number of fused-ring (bicyclic) bond motifs is 1. The van der Waals surface area contributed by atoms with Crippen LogP contribution in [0.1, 0.15) is 18.4 Å². The summed E-state index contributed by atoms with van der Waals surface area (Å²) >= 11 is 0. The van der Waals surface area contributed by atoms with Gasteiger partial charge in [-0.25, -0.2) is 0 Å². The first-order chi connectivity index (χ1) is 8.75. The number of para-hydroxylation sites is 1. The molecule has 0 atom stereocenters. The minimum Gasteiger partial charge on any atom is -0.361 e. The van der Waals surface area contributed by atoms with E-state index in [1.54, 1.807) is 11.8 Å². The molecule has 0 saturated carbocycles. The van der Waals surface area contributed by atoms with E-state index >= 15 is 0 Å². The van der Waals surface area contributed by atoms with Gasteiger partial charge in [0, 0.05) is 42.3 Å². The van der Waals surface area contributed by atoms with Crippen molar-refractivity contribution in [2.45, 2.75) is 12.8 Å². The normalized spacial score (nSPS) is 15.5. The molecular formula is C15H14N2O. The number of amides is 1. The van der Waals surface area contributed by atoms with Gasteiger partial charge in [0.1, 0.15) is 0 Å². The first kappa shape index (κ1) is 10.8. The second kappa shape index (κ2) is 4.18. The smallest absolute Gasteiger partial charge is 0.227 e. The highest BCUT2D eigenvalue weighted by atomic mass is 16.2. The van der Waals surface area contributed by atoms with Gasteiger partial charge in [-0.2, -0.15) is 0 Å². The lowest BCUT2D eigenvalue weighted by atomic mass is 9.97. The van der Waals surface area contributed by atoms with Crippen molar-refractivity contribution in [2.24, 2.45) is 0 Å². The molecule has 3 heteroatoms. The number of hydrogen-bond acceptors (Lipinski definition) is 1. The molecule has 1 aromatic carbocycles. The third-order valence-corrected chi connectivity index (χ3v) is 3.25. The molecule has 2 aromatic rings. The molecule has 0 unspecified atom stereocenters. The molecule has 2 heterocycles. The number of hydrogen-bond donors (Lipinski definition) is 1. The van der Waals surface area contributed by atoms with Crippen LogP contribution >= 0.6 is 0 Å². The molecule has 1 aliphatic rings. The Morgan fingerprint density at radius 2 is 1.94 bits per heavy atom. The lowest BCUT2D eigenvalue weighted by Gasteiger charge is -2.18. The minimum atomic E-state index is 0.0277. The zero-order valence-electron chi connectivity index (χ0n) is 10.1.